The first-order valence-corrected chi connectivity index (χ1v) is 7.25. The fourth-order valence-corrected chi connectivity index (χ4v) is 3.21. The maximum atomic E-state index is 6.30. The molecule has 0 saturated carbocycles. The lowest BCUT2D eigenvalue weighted by molar-refractivity contribution is 1.11. The van der Waals surface area contributed by atoms with Gasteiger partial charge in [0.15, 0.2) is 0 Å². The van der Waals surface area contributed by atoms with E-state index in [2.05, 4.69) is 47.8 Å². The monoisotopic (exact) mass is 279 g/mol. The molecule has 0 unspecified atom stereocenters. The molecule has 2 heteroatoms. The van der Waals surface area contributed by atoms with E-state index >= 15 is 0 Å². The maximum absolute atomic E-state index is 6.30. The Kier molecular flexibility index (Phi) is 2.68. The minimum absolute atomic E-state index is 0.812. The van der Waals surface area contributed by atoms with E-state index in [0.29, 0.717) is 0 Å². The molecule has 0 atom stereocenters. The van der Waals surface area contributed by atoms with E-state index in [-0.39, 0.29) is 0 Å². The van der Waals surface area contributed by atoms with Crippen LogP contribution in [0.5, 0.6) is 0 Å². The van der Waals surface area contributed by atoms with E-state index < -0.39 is 0 Å². The number of halogens is 1. The summed E-state index contributed by atoms with van der Waals surface area (Å²) >= 11 is 6.30. The highest BCUT2D eigenvalue weighted by Gasteiger charge is 2.12. The second kappa shape index (κ2) is 4.53. The lowest BCUT2D eigenvalue weighted by Gasteiger charge is -2.10. The van der Waals surface area contributed by atoms with Crippen molar-refractivity contribution in [2.24, 2.45) is 0 Å². The number of hydrogen-bond acceptors (Lipinski definition) is 1. The first-order valence-electron chi connectivity index (χ1n) is 6.87. The van der Waals surface area contributed by atoms with Crippen molar-refractivity contribution in [3.05, 3.63) is 65.2 Å². The zero-order valence-corrected chi connectivity index (χ0v) is 11.7. The van der Waals surface area contributed by atoms with Crippen LogP contribution in [0, 0.1) is 0 Å². The van der Waals surface area contributed by atoms with Crippen LogP contribution in [0.15, 0.2) is 54.6 Å². The lowest BCUT2D eigenvalue weighted by atomic mass is 9.96. The molecule has 0 aromatic heterocycles. The summed E-state index contributed by atoms with van der Waals surface area (Å²) in [4.78, 5) is 0. The predicted molar refractivity (Wildman–Crippen MR) is 86.6 cm³/mol. The second-order valence-corrected chi connectivity index (χ2v) is 5.60. The molecule has 0 saturated heterocycles. The van der Waals surface area contributed by atoms with Gasteiger partial charge in [-0.2, -0.15) is 0 Å². The molecule has 0 aliphatic carbocycles. The normalized spacial score (nSPS) is 13.2. The van der Waals surface area contributed by atoms with Crippen molar-refractivity contribution < 1.29 is 0 Å². The summed E-state index contributed by atoms with van der Waals surface area (Å²) in [6.07, 6.45) is 1.11. The number of rotatable bonds is 1. The average Bonchev–Trinajstić information content (AvgIpc) is 2.95. The van der Waals surface area contributed by atoms with Crippen LogP contribution in [0.4, 0.5) is 5.69 Å². The molecule has 98 valence electrons. The molecule has 1 nitrogen and oxygen atoms in total. The highest BCUT2D eigenvalue weighted by atomic mass is 35.5. The largest absolute Gasteiger partial charge is 0.384 e. The minimum atomic E-state index is 0.812. The molecule has 1 aliphatic heterocycles. The number of nitrogens with one attached hydrogen (secondary N) is 1. The van der Waals surface area contributed by atoms with Crippen LogP contribution in [0.3, 0.4) is 0 Å². The zero-order chi connectivity index (χ0) is 13.5. The SMILES string of the molecule is Clc1ccc(-c2ccc3c(c2)CCN3)c2ccccc12. The number of anilines is 1. The van der Waals surface area contributed by atoms with Crippen molar-refractivity contribution in [3.8, 4) is 11.1 Å². The Bertz CT molecular complexity index is 808. The van der Waals surface area contributed by atoms with Crippen LogP contribution in [0.2, 0.25) is 5.02 Å². The van der Waals surface area contributed by atoms with E-state index in [1.807, 2.05) is 12.1 Å². The first kappa shape index (κ1) is 11.8. The van der Waals surface area contributed by atoms with Gasteiger partial charge in [0.1, 0.15) is 0 Å². The number of hydrogen-bond donors (Lipinski definition) is 1. The van der Waals surface area contributed by atoms with E-state index in [0.717, 1.165) is 23.4 Å². The van der Waals surface area contributed by atoms with Gasteiger partial charge in [-0.1, -0.05) is 48.0 Å². The summed E-state index contributed by atoms with van der Waals surface area (Å²) in [6, 6.07) is 19.1. The molecule has 0 fully saturated rings. The van der Waals surface area contributed by atoms with Crippen LogP contribution < -0.4 is 5.32 Å². The summed E-state index contributed by atoms with van der Waals surface area (Å²) in [5, 5.41) is 6.55. The molecule has 0 amide bonds. The van der Waals surface area contributed by atoms with Gasteiger partial charge in [-0.05, 0) is 46.7 Å². The van der Waals surface area contributed by atoms with Gasteiger partial charge < -0.3 is 5.32 Å². The summed E-state index contributed by atoms with van der Waals surface area (Å²) in [5.74, 6) is 0. The van der Waals surface area contributed by atoms with Gasteiger partial charge in [-0.3, -0.25) is 0 Å². The highest BCUT2D eigenvalue weighted by Crippen LogP contribution is 2.35. The smallest absolute Gasteiger partial charge is 0.0484 e. The van der Waals surface area contributed by atoms with E-state index in [9.17, 15) is 0 Å². The standard InChI is InChI=1S/C18H14ClN/c19-17-7-6-14(15-3-1-2-4-16(15)17)12-5-8-18-13(11-12)9-10-20-18/h1-8,11,20H,9-10H2. The molecule has 3 aromatic rings. The fraction of sp³-hybridized carbons (Fsp3) is 0.111. The summed E-state index contributed by atoms with van der Waals surface area (Å²) in [6.45, 7) is 1.04. The van der Waals surface area contributed by atoms with Crippen LogP contribution in [0.1, 0.15) is 5.56 Å². The Labute approximate surface area is 123 Å². The first-order chi connectivity index (χ1) is 9.83. The van der Waals surface area contributed by atoms with Crippen LogP contribution in [-0.4, -0.2) is 6.54 Å². The third-order valence-electron chi connectivity index (χ3n) is 4.00. The Morgan fingerprint density at radius 1 is 0.900 bits per heavy atom. The third-order valence-corrected chi connectivity index (χ3v) is 4.33. The molecule has 0 spiro atoms. The van der Waals surface area contributed by atoms with Gasteiger partial charge in [0.2, 0.25) is 0 Å². The summed E-state index contributed by atoms with van der Waals surface area (Å²) < 4.78 is 0. The predicted octanol–water partition coefficient (Wildman–Crippen LogP) is 5.13. The molecule has 1 heterocycles. The number of benzene rings is 3. The van der Waals surface area contributed by atoms with Gasteiger partial charge in [0, 0.05) is 22.6 Å². The quantitative estimate of drug-likeness (QED) is 0.651. The Balaban J connectivity index is 1.97. The van der Waals surface area contributed by atoms with Crippen molar-refractivity contribution >= 4 is 28.1 Å². The Morgan fingerprint density at radius 3 is 2.65 bits per heavy atom. The van der Waals surface area contributed by atoms with Gasteiger partial charge in [0.05, 0.1) is 0 Å². The molecule has 20 heavy (non-hydrogen) atoms. The van der Waals surface area contributed by atoms with Crippen LogP contribution >= 0.6 is 11.6 Å². The maximum Gasteiger partial charge on any atom is 0.0484 e. The summed E-state index contributed by atoms with van der Waals surface area (Å²) in [7, 11) is 0. The third kappa shape index (κ3) is 1.78. The Hall–Kier alpha value is -1.99. The van der Waals surface area contributed by atoms with Crippen molar-refractivity contribution in [3.63, 3.8) is 0 Å². The van der Waals surface area contributed by atoms with Crippen molar-refractivity contribution in [1.82, 2.24) is 0 Å². The molecule has 1 N–H and O–H groups in total. The zero-order valence-electron chi connectivity index (χ0n) is 11.0. The van der Waals surface area contributed by atoms with Gasteiger partial charge in [0.25, 0.3) is 0 Å². The highest BCUT2D eigenvalue weighted by molar-refractivity contribution is 6.36. The Morgan fingerprint density at radius 2 is 1.75 bits per heavy atom. The summed E-state index contributed by atoms with van der Waals surface area (Å²) in [5.41, 5.74) is 5.19. The van der Waals surface area contributed by atoms with E-state index in [1.165, 1.54) is 27.8 Å². The molecular weight excluding hydrogens is 266 g/mol. The van der Waals surface area contributed by atoms with Crippen LogP contribution in [-0.2, 0) is 6.42 Å². The topological polar surface area (TPSA) is 12.0 Å². The molecule has 4 rings (SSSR count). The average molecular weight is 280 g/mol. The second-order valence-electron chi connectivity index (χ2n) is 5.19. The number of fused-ring (bicyclic) bond motifs is 2. The molecular formula is C18H14ClN. The van der Waals surface area contributed by atoms with Gasteiger partial charge in [-0.25, -0.2) is 0 Å². The van der Waals surface area contributed by atoms with Gasteiger partial charge in [-0.15, -0.1) is 0 Å². The van der Waals surface area contributed by atoms with Crippen LogP contribution in [0.25, 0.3) is 21.9 Å². The molecule has 1 aliphatic rings. The molecule has 0 radical (unpaired) electrons. The fourth-order valence-electron chi connectivity index (χ4n) is 2.99. The minimum Gasteiger partial charge on any atom is -0.384 e. The van der Waals surface area contributed by atoms with E-state index in [1.54, 1.807) is 0 Å². The molecule has 0 bridgehead atoms. The van der Waals surface area contributed by atoms with E-state index in [4.69, 9.17) is 11.6 Å². The van der Waals surface area contributed by atoms with Crippen molar-refractivity contribution in [2.45, 2.75) is 6.42 Å². The van der Waals surface area contributed by atoms with Gasteiger partial charge >= 0.3 is 0 Å². The molecule has 3 aromatic carbocycles. The van der Waals surface area contributed by atoms with Crippen molar-refractivity contribution in [1.29, 1.82) is 0 Å². The van der Waals surface area contributed by atoms with Crippen molar-refractivity contribution in [2.75, 3.05) is 11.9 Å². The lowest BCUT2D eigenvalue weighted by Crippen LogP contribution is -1.90.